The number of nitrogens with two attached hydrogens (primary N) is 1. The summed E-state index contributed by atoms with van der Waals surface area (Å²) in [6, 6.07) is 5.91. The zero-order valence-corrected chi connectivity index (χ0v) is 15.0. The first-order chi connectivity index (χ1) is 11.9. The Kier molecular flexibility index (Phi) is 6.40. The lowest BCUT2D eigenvalue weighted by Crippen LogP contribution is -2.42. The molecule has 2 aromatic rings. The average molecular weight is 411 g/mol. The van der Waals surface area contributed by atoms with Gasteiger partial charge in [-0.15, -0.1) is 0 Å². The molecule has 0 saturated heterocycles. The van der Waals surface area contributed by atoms with Crippen molar-refractivity contribution in [1.29, 1.82) is 0 Å². The number of carboxylic acid groups (broad SMARTS) is 1. The van der Waals surface area contributed by atoms with Crippen molar-refractivity contribution < 1.29 is 19.5 Å². The first kappa shape index (κ1) is 18.8. The number of fused-ring (bicyclic) bond motifs is 1. The van der Waals surface area contributed by atoms with Crippen molar-refractivity contribution in [1.82, 2.24) is 15.2 Å². The van der Waals surface area contributed by atoms with E-state index in [0.717, 1.165) is 15.4 Å². The fourth-order valence-corrected chi connectivity index (χ4v) is 2.86. The maximum Gasteiger partial charge on any atom is 0.326 e. The lowest BCUT2D eigenvalue weighted by molar-refractivity contribution is -0.142. The summed E-state index contributed by atoms with van der Waals surface area (Å²) in [6.07, 6.45) is 2.37. The smallest absolute Gasteiger partial charge is 0.326 e. The third-order valence-corrected chi connectivity index (χ3v) is 4.14. The normalized spacial score (nSPS) is 11.9. The first-order valence-corrected chi connectivity index (χ1v) is 8.46. The molecule has 9 heteroatoms. The van der Waals surface area contributed by atoms with E-state index in [1.807, 2.05) is 24.3 Å². The molecule has 0 fully saturated rings. The van der Waals surface area contributed by atoms with Gasteiger partial charge in [-0.2, -0.15) is 0 Å². The standard InChI is InChI=1S/C16H19BrN4O4/c17-11-3-4-13-10(8-11)5-7-21(13)9-14(22)20-12(15(23)24)2-1-6-19-16(18)25/h3-5,7-8,12H,1-2,6,9H2,(H,20,22)(H,23,24)(H3,18,19,25). The third kappa shape index (κ3) is 5.49. The molecule has 0 radical (unpaired) electrons. The van der Waals surface area contributed by atoms with Crippen LogP contribution in [0.25, 0.3) is 10.9 Å². The Morgan fingerprint density at radius 1 is 1.28 bits per heavy atom. The highest BCUT2D eigenvalue weighted by atomic mass is 79.9. The summed E-state index contributed by atoms with van der Waals surface area (Å²) in [7, 11) is 0. The van der Waals surface area contributed by atoms with E-state index in [1.165, 1.54) is 0 Å². The molecule has 8 nitrogen and oxygen atoms in total. The van der Waals surface area contributed by atoms with Crippen molar-refractivity contribution in [2.75, 3.05) is 6.54 Å². The van der Waals surface area contributed by atoms with Gasteiger partial charge < -0.3 is 26.0 Å². The number of hydrogen-bond acceptors (Lipinski definition) is 3. The van der Waals surface area contributed by atoms with Gasteiger partial charge in [0.1, 0.15) is 12.6 Å². The highest BCUT2D eigenvalue weighted by Gasteiger charge is 2.19. The van der Waals surface area contributed by atoms with Crippen LogP contribution in [0, 0.1) is 0 Å². The van der Waals surface area contributed by atoms with E-state index < -0.39 is 23.9 Å². The van der Waals surface area contributed by atoms with Gasteiger partial charge in [0.15, 0.2) is 0 Å². The Morgan fingerprint density at radius 3 is 2.72 bits per heavy atom. The fourth-order valence-electron chi connectivity index (χ4n) is 2.48. The quantitative estimate of drug-likeness (QED) is 0.490. The number of aliphatic carboxylic acids is 1. The molecule has 134 valence electrons. The van der Waals surface area contributed by atoms with Gasteiger partial charge in [0.25, 0.3) is 0 Å². The Labute approximate surface area is 152 Å². The predicted octanol–water partition coefficient (Wildman–Crippen LogP) is 1.42. The van der Waals surface area contributed by atoms with Crippen molar-refractivity contribution in [3.8, 4) is 0 Å². The molecule has 25 heavy (non-hydrogen) atoms. The van der Waals surface area contributed by atoms with E-state index in [9.17, 15) is 19.5 Å². The first-order valence-electron chi connectivity index (χ1n) is 7.66. The number of amides is 3. The van der Waals surface area contributed by atoms with E-state index in [0.29, 0.717) is 6.42 Å². The molecule has 0 aliphatic rings. The van der Waals surface area contributed by atoms with Crippen molar-refractivity contribution in [3.63, 3.8) is 0 Å². The van der Waals surface area contributed by atoms with Gasteiger partial charge in [-0.1, -0.05) is 15.9 Å². The number of aromatic nitrogens is 1. The van der Waals surface area contributed by atoms with Crippen molar-refractivity contribution in [2.24, 2.45) is 5.73 Å². The summed E-state index contributed by atoms with van der Waals surface area (Å²) in [5.74, 6) is -1.51. The van der Waals surface area contributed by atoms with Gasteiger partial charge in [-0.05, 0) is 37.1 Å². The average Bonchev–Trinajstić information content (AvgIpc) is 2.91. The zero-order chi connectivity index (χ0) is 18.4. The minimum atomic E-state index is -1.12. The zero-order valence-electron chi connectivity index (χ0n) is 13.4. The highest BCUT2D eigenvalue weighted by Crippen LogP contribution is 2.20. The predicted molar refractivity (Wildman–Crippen MR) is 96.0 cm³/mol. The summed E-state index contributed by atoms with van der Waals surface area (Å²) in [5.41, 5.74) is 5.82. The maximum absolute atomic E-state index is 12.2. The second-order valence-electron chi connectivity index (χ2n) is 5.54. The van der Waals surface area contributed by atoms with Crippen LogP contribution in [-0.4, -0.2) is 40.2 Å². The molecular weight excluding hydrogens is 392 g/mol. The van der Waals surface area contributed by atoms with Crippen LogP contribution < -0.4 is 16.4 Å². The van der Waals surface area contributed by atoms with Crippen LogP contribution in [0.4, 0.5) is 4.79 Å². The Morgan fingerprint density at radius 2 is 2.04 bits per heavy atom. The summed E-state index contributed by atoms with van der Waals surface area (Å²) >= 11 is 3.39. The SMILES string of the molecule is NC(=O)NCCCC(NC(=O)Cn1ccc2cc(Br)ccc21)C(=O)O. The second kappa shape index (κ2) is 8.52. The number of carboxylic acids is 1. The van der Waals surface area contributed by atoms with Gasteiger partial charge in [0, 0.05) is 28.1 Å². The van der Waals surface area contributed by atoms with Crippen molar-refractivity contribution in [3.05, 3.63) is 34.9 Å². The highest BCUT2D eigenvalue weighted by molar-refractivity contribution is 9.10. The summed E-state index contributed by atoms with van der Waals surface area (Å²) in [6.45, 7) is 0.278. The van der Waals surface area contributed by atoms with E-state index in [-0.39, 0.29) is 19.5 Å². The molecule has 1 atom stereocenters. The van der Waals surface area contributed by atoms with Gasteiger partial charge in [0.2, 0.25) is 5.91 Å². The molecule has 2 rings (SSSR count). The van der Waals surface area contributed by atoms with E-state index in [1.54, 1.807) is 10.8 Å². The number of rotatable bonds is 8. The largest absolute Gasteiger partial charge is 0.480 e. The lowest BCUT2D eigenvalue weighted by Gasteiger charge is -2.15. The molecule has 0 aliphatic heterocycles. The van der Waals surface area contributed by atoms with Crippen molar-refractivity contribution >= 4 is 44.7 Å². The number of nitrogens with zero attached hydrogens (tertiary/aromatic N) is 1. The van der Waals surface area contributed by atoms with E-state index in [2.05, 4.69) is 26.6 Å². The lowest BCUT2D eigenvalue weighted by atomic mass is 10.1. The topological polar surface area (TPSA) is 126 Å². The Balaban J connectivity index is 1.93. The van der Waals surface area contributed by atoms with Gasteiger partial charge in [-0.3, -0.25) is 4.79 Å². The Hall–Kier alpha value is -2.55. The molecular formula is C16H19BrN4O4. The van der Waals surface area contributed by atoms with Gasteiger partial charge in [0.05, 0.1) is 0 Å². The number of benzene rings is 1. The van der Waals surface area contributed by atoms with Crippen LogP contribution in [-0.2, 0) is 16.1 Å². The third-order valence-electron chi connectivity index (χ3n) is 3.65. The fraction of sp³-hybridized carbons (Fsp3) is 0.312. The molecule has 1 unspecified atom stereocenters. The van der Waals surface area contributed by atoms with Crippen LogP contribution in [0.1, 0.15) is 12.8 Å². The van der Waals surface area contributed by atoms with Crippen LogP contribution >= 0.6 is 15.9 Å². The van der Waals surface area contributed by atoms with Crippen LogP contribution in [0.3, 0.4) is 0 Å². The summed E-state index contributed by atoms with van der Waals surface area (Å²) in [5, 5.41) is 15.1. The molecule has 1 heterocycles. The van der Waals surface area contributed by atoms with Crippen LogP contribution in [0.5, 0.6) is 0 Å². The van der Waals surface area contributed by atoms with E-state index in [4.69, 9.17) is 5.73 Å². The van der Waals surface area contributed by atoms with Gasteiger partial charge in [-0.25, -0.2) is 9.59 Å². The number of halogens is 1. The molecule has 0 bridgehead atoms. The molecule has 5 N–H and O–H groups in total. The van der Waals surface area contributed by atoms with Crippen molar-refractivity contribution in [2.45, 2.75) is 25.4 Å². The molecule has 3 amide bonds. The Bertz CT molecular complexity index is 790. The number of urea groups is 1. The number of primary amides is 1. The number of carbonyl (C=O) groups is 3. The van der Waals surface area contributed by atoms with Gasteiger partial charge >= 0.3 is 12.0 Å². The number of nitrogens with one attached hydrogen (secondary N) is 2. The molecule has 1 aromatic carbocycles. The monoisotopic (exact) mass is 410 g/mol. The van der Waals surface area contributed by atoms with Crippen LogP contribution in [0.15, 0.2) is 34.9 Å². The molecule has 0 saturated carbocycles. The minimum Gasteiger partial charge on any atom is -0.480 e. The second-order valence-corrected chi connectivity index (χ2v) is 6.45. The number of hydrogen-bond donors (Lipinski definition) is 4. The summed E-state index contributed by atoms with van der Waals surface area (Å²) < 4.78 is 2.70. The number of carbonyl (C=O) groups excluding carboxylic acids is 2. The maximum atomic E-state index is 12.2. The molecule has 0 aliphatic carbocycles. The summed E-state index contributed by atoms with van der Waals surface area (Å²) in [4.78, 5) is 34.0. The van der Waals surface area contributed by atoms with Crippen LogP contribution in [0.2, 0.25) is 0 Å². The molecule has 0 spiro atoms. The van der Waals surface area contributed by atoms with E-state index >= 15 is 0 Å². The minimum absolute atomic E-state index is 0.0223. The molecule has 1 aromatic heterocycles.